The number of pyridine rings is 1. The van der Waals surface area contributed by atoms with E-state index >= 15 is 0 Å². The van der Waals surface area contributed by atoms with E-state index in [1.54, 1.807) is 12.1 Å². The van der Waals surface area contributed by atoms with Crippen LogP contribution >= 0.6 is 15.9 Å². The second-order valence-electron chi connectivity index (χ2n) is 3.56. The van der Waals surface area contributed by atoms with Crippen LogP contribution in [-0.2, 0) is 0 Å². The first-order valence-electron chi connectivity index (χ1n) is 4.46. The molecular formula is C10H11BrN2O. The Kier molecular flexibility index (Phi) is 2.23. The van der Waals surface area contributed by atoms with Crippen LogP contribution in [0.4, 0.5) is 0 Å². The third-order valence-electron chi connectivity index (χ3n) is 2.13. The number of fused-ring (bicyclic) bond motifs is 1. The molecule has 0 unspecified atom stereocenters. The van der Waals surface area contributed by atoms with Crippen molar-refractivity contribution in [2.75, 3.05) is 0 Å². The molecule has 0 aliphatic rings. The van der Waals surface area contributed by atoms with Crippen LogP contribution in [0.15, 0.2) is 22.9 Å². The number of nitrogens with zero attached hydrogens (tertiary/aromatic N) is 2. The molecule has 1 N–H and O–H groups in total. The molecule has 2 rings (SSSR count). The molecule has 0 atom stereocenters. The van der Waals surface area contributed by atoms with E-state index in [-0.39, 0.29) is 5.75 Å². The minimum Gasteiger partial charge on any atom is -0.508 e. The molecule has 0 aromatic carbocycles. The van der Waals surface area contributed by atoms with Gasteiger partial charge in [-0.15, -0.1) is 0 Å². The van der Waals surface area contributed by atoms with Gasteiger partial charge in [-0.2, -0.15) is 0 Å². The first kappa shape index (κ1) is 9.52. The molecule has 0 aliphatic carbocycles. The van der Waals surface area contributed by atoms with Gasteiger partial charge in [0.05, 0.1) is 5.52 Å². The van der Waals surface area contributed by atoms with Gasteiger partial charge in [0.15, 0.2) is 0 Å². The maximum atomic E-state index is 9.34. The van der Waals surface area contributed by atoms with Crippen molar-refractivity contribution in [1.29, 1.82) is 0 Å². The van der Waals surface area contributed by atoms with Crippen molar-refractivity contribution < 1.29 is 5.11 Å². The minimum atomic E-state index is 0.258. The maximum absolute atomic E-state index is 9.34. The Balaban J connectivity index is 2.77. The number of aromatic nitrogens is 2. The zero-order valence-corrected chi connectivity index (χ0v) is 9.62. The molecule has 0 aliphatic heterocycles. The lowest BCUT2D eigenvalue weighted by Crippen LogP contribution is -1.95. The molecule has 0 spiro atoms. The van der Waals surface area contributed by atoms with E-state index in [1.807, 2.05) is 10.6 Å². The monoisotopic (exact) mass is 254 g/mol. The van der Waals surface area contributed by atoms with Gasteiger partial charge < -0.3 is 9.51 Å². The number of aromatic hydroxyl groups is 1. The van der Waals surface area contributed by atoms with Crippen molar-refractivity contribution in [2.24, 2.45) is 0 Å². The Bertz CT molecular complexity index is 476. The van der Waals surface area contributed by atoms with Crippen LogP contribution in [0.1, 0.15) is 25.6 Å². The molecule has 0 saturated heterocycles. The number of imidazole rings is 1. The lowest BCUT2D eigenvalue weighted by molar-refractivity contribution is 0.475. The smallest absolute Gasteiger partial charge is 0.132 e. The molecule has 4 heteroatoms. The summed E-state index contributed by atoms with van der Waals surface area (Å²) in [5.74, 6) is 1.61. The normalized spacial score (nSPS) is 11.4. The quantitative estimate of drug-likeness (QED) is 0.850. The summed E-state index contributed by atoms with van der Waals surface area (Å²) in [4.78, 5) is 4.40. The number of hydrogen-bond acceptors (Lipinski definition) is 2. The average molecular weight is 255 g/mol. The summed E-state index contributed by atoms with van der Waals surface area (Å²) in [5, 5.41) is 9.34. The molecule has 14 heavy (non-hydrogen) atoms. The number of hydrogen-bond donors (Lipinski definition) is 1. The number of rotatable bonds is 1. The SMILES string of the molecule is CC(C)c1nc(Br)c2cc(O)ccn12. The van der Waals surface area contributed by atoms with Gasteiger partial charge >= 0.3 is 0 Å². The minimum absolute atomic E-state index is 0.258. The van der Waals surface area contributed by atoms with Gasteiger partial charge in [-0.25, -0.2) is 4.98 Å². The van der Waals surface area contributed by atoms with Crippen molar-refractivity contribution >= 4 is 21.4 Å². The van der Waals surface area contributed by atoms with Crippen LogP contribution in [0.2, 0.25) is 0 Å². The van der Waals surface area contributed by atoms with Gasteiger partial charge in [0, 0.05) is 18.2 Å². The summed E-state index contributed by atoms with van der Waals surface area (Å²) in [6.45, 7) is 4.18. The Hall–Kier alpha value is -1.03. The summed E-state index contributed by atoms with van der Waals surface area (Å²) in [5.41, 5.74) is 0.897. The molecule has 74 valence electrons. The first-order valence-corrected chi connectivity index (χ1v) is 5.25. The summed E-state index contributed by atoms with van der Waals surface area (Å²) < 4.78 is 2.76. The predicted octanol–water partition coefficient (Wildman–Crippen LogP) is 2.93. The maximum Gasteiger partial charge on any atom is 0.132 e. The van der Waals surface area contributed by atoms with E-state index < -0.39 is 0 Å². The van der Waals surface area contributed by atoms with Crippen LogP contribution in [0.5, 0.6) is 5.75 Å². The molecule has 0 amide bonds. The highest BCUT2D eigenvalue weighted by Gasteiger charge is 2.11. The molecule has 3 nitrogen and oxygen atoms in total. The fourth-order valence-corrected chi connectivity index (χ4v) is 1.95. The molecule has 2 aromatic heterocycles. The van der Waals surface area contributed by atoms with Gasteiger partial charge in [0.2, 0.25) is 0 Å². The van der Waals surface area contributed by atoms with Crippen molar-refractivity contribution in [2.45, 2.75) is 19.8 Å². The highest BCUT2D eigenvalue weighted by Crippen LogP contribution is 2.25. The van der Waals surface area contributed by atoms with Crippen LogP contribution in [0.25, 0.3) is 5.52 Å². The standard InChI is InChI=1S/C10H11BrN2O/c1-6(2)10-12-9(11)8-5-7(14)3-4-13(8)10/h3-6,14H,1-2H3. The Morgan fingerprint density at radius 3 is 2.86 bits per heavy atom. The molecule has 0 saturated carbocycles. The van der Waals surface area contributed by atoms with Gasteiger partial charge in [0.1, 0.15) is 16.2 Å². The Labute approximate surface area is 90.5 Å². The third kappa shape index (κ3) is 1.39. The summed E-state index contributed by atoms with van der Waals surface area (Å²) in [7, 11) is 0. The molecule has 0 radical (unpaired) electrons. The Morgan fingerprint density at radius 2 is 2.21 bits per heavy atom. The van der Waals surface area contributed by atoms with Gasteiger partial charge in [-0.1, -0.05) is 13.8 Å². The summed E-state index contributed by atoms with van der Waals surface area (Å²) in [6.07, 6.45) is 1.83. The van der Waals surface area contributed by atoms with Crippen molar-refractivity contribution in [3.05, 3.63) is 28.8 Å². The van der Waals surface area contributed by atoms with Gasteiger partial charge in [-0.05, 0) is 22.0 Å². The van der Waals surface area contributed by atoms with E-state index in [4.69, 9.17) is 0 Å². The zero-order chi connectivity index (χ0) is 10.3. The molecule has 0 bridgehead atoms. The summed E-state index contributed by atoms with van der Waals surface area (Å²) in [6, 6.07) is 3.36. The second kappa shape index (κ2) is 3.28. The van der Waals surface area contributed by atoms with E-state index in [1.165, 1.54) is 0 Å². The van der Waals surface area contributed by atoms with Crippen LogP contribution < -0.4 is 0 Å². The lowest BCUT2D eigenvalue weighted by Gasteiger charge is -2.03. The van der Waals surface area contributed by atoms with E-state index in [9.17, 15) is 5.11 Å². The topological polar surface area (TPSA) is 37.5 Å². The molecular weight excluding hydrogens is 244 g/mol. The highest BCUT2D eigenvalue weighted by molar-refractivity contribution is 9.10. The third-order valence-corrected chi connectivity index (χ3v) is 2.71. The van der Waals surface area contributed by atoms with Crippen LogP contribution in [0.3, 0.4) is 0 Å². The molecule has 2 aromatic rings. The largest absolute Gasteiger partial charge is 0.508 e. The fourth-order valence-electron chi connectivity index (χ4n) is 1.47. The van der Waals surface area contributed by atoms with Gasteiger partial charge in [0.25, 0.3) is 0 Å². The van der Waals surface area contributed by atoms with Crippen LogP contribution in [0, 0.1) is 0 Å². The van der Waals surface area contributed by atoms with Crippen molar-refractivity contribution in [3.8, 4) is 5.75 Å². The van der Waals surface area contributed by atoms with E-state index in [0.717, 1.165) is 15.9 Å². The zero-order valence-electron chi connectivity index (χ0n) is 8.03. The number of halogens is 1. The lowest BCUT2D eigenvalue weighted by atomic mass is 10.2. The second-order valence-corrected chi connectivity index (χ2v) is 4.31. The molecule has 2 heterocycles. The predicted molar refractivity (Wildman–Crippen MR) is 58.6 cm³/mol. The fraction of sp³-hybridized carbons (Fsp3) is 0.300. The van der Waals surface area contributed by atoms with Crippen molar-refractivity contribution in [3.63, 3.8) is 0 Å². The van der Waals surface area contributed by atoms with E-state index in [2.05, 4.69) is 34.8 Å². The van der Waals surface area contributed by atoms with Crippen molar-refractivity contribution in [1.82, 2.24) is 9.38 Å². The summed E-state index contributed by atoms with van der Waals surface area (Å²) >= 11 is 3.38. The first-order chi connectivity index (χ1) is 6.59. The van der Waals surface area contributed by atoms with Crippen LogP contribution in [-0.4, -0.2) is 14.5 Å². The molecule has 0 fully saturated rings. The Morgan fingerprint density at radius 1 is 1.50 bits per heavy atom. The highest BCUT2D eigenvalue weighted by atomic mass is 79.9. The van der Waals surface area contributed by atoms with Gasteiger partial charge in [-0.3, -0.25) is 0 Å². The average Bonchev–Trinajstić information content (AvgIpc) is 2.44. The van der Waals surface area contributed by atoms with E-state index in [0.29, 0.717) is 5.92 Å².